The fourth-order valence-electron chi connectivity index (χ4n) is 2.68. The molecule has 4 rings (SSSR count). The Bertz CT molecular complexity index is 1070. The predicted molar refractivity (Wildman–Crippen MR) is 98.6 cm³/mol. The van der Waals surface area contributed by atoms with Crippen molar-refractivity contribution >= 4 is 40.0 Å². The molecule has 0 fully saturated rings. The normalized spacial score (nSPS) is 10.8. The second kappa shape index (κ2) is 6.25. The Morgan fingerprint density at radius 1 is 1.12 bits per heavy atom. The molecule has 4 aromatic rings. The Morgan fingerprint density at radius 3 is 2.62 bits per heavy atom. The van der Waals surface area contributed by atoms with Gasteiger partial charge in [-0.3, -0.25) is 9.69 Å². The van der Waals surface area contributed by atoms with Crippen molar-refractivity contribution < 1.29 is 4.79 Å². The summed E-state index contributed by atoms with van der Waals surface area (Å²) >= 11 is 0. The molecule has 26 heavy (non-hydrogen) atoms. The van der Waals surface area contributed by atoms with E-state index in [0.717, 1.165) is 5.69 Å². The van der Waals surface area contributed by atoms with Crippen LogP contribution in [0.5, 0.6) is 0 Å². The van der Waals surface area contributed by atoms with Crippen LogP contribution >= 0.6 is 0 Å². The summed E-state index contributed by atoms with van der Waals surface area (Å²) in [6, 6.07) is 12.6. The number of anilines is 4. The minimum atomic E-state index is 0.00346. The number of Topliss-reactive ketones (excluding diaryl/α,β-unsaturated/α-hetero) is 1. The summed E-state index contributed by atoms with van der Waals surface area (Å²) in [7, 11) is 0. The zero-order valence-corrected chi connectivity index (χ0v) is 13.9. The number of ketones is 1. The number of nitrogens with one attached hydrogen (secondary N) is 1. The van der Waals surface area contributed by atoms with Gasteiger partial charge in [-0.15, -0.1) is 0 Å². The van der Waals surface area contributed by atoms with E-state index in [2.05, 4.69) is 25.1 Å². The first-order valence-corrected chi connectivity index (χ1v) is 7.91. The lowest BCUT2D eigenvalue weighted by Crippen LogP contribution is -2.14. The molecule has 2 aromatic heterocycles. The van der Waals surface area contributed by atoms with E-state index in [9.17, 15) is 4.79 Å². The number of aromatic amines is 1. The first-order valence-electron chi connectivity index (χ1n) is 7.91. The Labute approximate surface area is 148 Å². The molecule has 0 aliphatic heterocycles. The Hall–Kier alpha value is -3.81. The maximum Gasteiger partial charge on any atom is 0.231 e. The number of H-pyrrole nitrogens is 1. The maximum atomic E-state index is 11.5. The highest BCUT2D eigenvalue weighted by molar-refractivity contribution is 5.94. The van der Waals surface area contributed by atoms with E-state index in [1.54, 1.807) is 29.3 Å². The van der Waals surface area contributed by atoms with Crippen molar-refractivity contribution in [2.45, 2.75) is 6.92 Å². The monoisotopic (exact) mass is 345 g/mol. The molecule has 0 saturated heterocycles. The molecular weight excluding hydrogens is 330 g/mol. The van der Waals surface area contributed by atoms with Gasteiger partial charge in [-0.05, 0) is 43.3 Å². The number of fused-ring (bicyclic) bond motifs is 1. The Balaban J connectivity index is 1.85. The standard InChI is InChI=1S/C18H15N7O/c1-11(26)12-5-7-13(8-6-12)25(18-21-10-22-24-18)16-9-20-17-14(19)3-2-4-15(17)23-16/h2-10H,19H2,1H3,(H,21,22,24). The van der Waals surface area contributed by atoms with Crippen LogP contribution in [0.4, 0.5) is 23.1 Å². The number of hydrogen-bond donors (Lipinski definition) is 2. The highest BCUT2D eigenvalue weighted by Crippen LogP contribution is 2.31. The van der Waals surface area contributed by atoms with Gasteiger partial charge in [-0.1, -0.05) is 6.07 Å². The highest BCUT2D eigenvalue weighted by atomic mass is 16.1. The molecule has 8 heteroatoms. The quantitative estimate of drug-likeness (QED) is 0.431. The van der Waals surface area contributed by atoms with E-state index in [4.69, 9.17) is 5.73 Å². The number of nitrogens with zero attached hydrogens (tertiary/aromatic N) is 5. The smallest absolute Gasteiger partial charge is 0.231 e. The molecule has 0 unspecified atom stereocenters. The number of nitrogen functional groups attached to an aromatic ring is 1. The third-order valence-corrected chi connectivity index (χ3v) is 3.97. The van der Waals surface area contributed by atoms with E-state index in [-0.39, 0.29) is 5.78 Å². The van der Waals surface area contributed by atoms with Crippen LogP contribution in [-0.4, -0.2) is 30.9 Å². The lowest BCUT2D eigenvalue weighted by Gasteiger charge is -2.21. The number of nitrogens with two attached hydrogens (primary N) is 1. The van der Waals surface area contributed by atoms with Crippen LogP contribution in [0.1, 0.15) is 17.3 Å². The van der Waals surface area contributed by atoms with Gasteiger partial charge < -0.3 is 5.73 Å². The number of carbonyl (C=O) groups excluding carboxylic acids is 1. The second-order valence-corrected chi connectivity index (χ2v) is 5.69. The van der Waals surface area contributed by atoms with E-state index >= 15 is 0 Å². The molecule has 8 nitrogen and oxygen atoms in total. The fourth-order valence-corrected chi connectivity index (χ4v) is 2.68. The summed E-state index contributed by atoms with van der Waals surface area (Å²) in [5, 5.41) is 6.75. The molecule has 0 aliphatic rings. The predicted octanol–water partition coefficient (Wildman–Crippen LogP) is 3.00. The molecule has 0 radical (unpaired) electrons. The van der Waals surface area contributed by atoms with E-state index < -0.39 is 0 Å². The Kier molecular flexibility index (Phi) is 3.77. The van der Waals surface area contributed by atoms with Crippen LogP contribution in [-0.2, 0) is 0 Å². The van der Waals surface area contributed by atoms with Crippen LogP contribution < -0.4 is 10.6 Å². The number of rotatable bonds is 4. The highest BCUT2D eigenvalue weighted by Gasteiger charge is 2.18. The molecule has 0 amide bonds. The van der Waals surface area contributed by atoms with Crippen LogP contribution in [0.15, 0.2) is 55.0 Å². The van der Waals surface area contributed by atoms with Crippen LogP contribution in [0.3, 0.4) is 0 Å². The SMILES string of the molecule is CC(=O)c1ccc(N(c2cnc3c(N)cccc3n2)c2ncn[nH]2)cc1. The third-order valence-electron chi connectivity index (χ3n) is 3.97. The van der Waals surface area contributed by atoms with Gasteiger partial charge in [0.15, 0.2) is 11.6 Å². The van der Waals surface area contributed by atoms with Crippen molar-refractivity contribution in [2.24, 2.45) is 0 Å². The molecule has 2 aromatic carbocycles. The van der Waals surface area contributed by atoms with Crippen molar-refractivity contribution in [2.75, 3.05) is 10.6 Å². The molecule has 128 valence electrons. The summed E-state index contributed by atoms with van der Waals surface area (Å²) < 4.78 is 0. The Morgan fingerprint density at radius 2 is 1.92 bits per heavy atom. The van der Waals surface area contributed by atoms with Crippen molar-refractivity contribution in [1.82, 2.24) is 25.1 Å². The minimum absolute atomic E-state index is 0.00346. The van der Waals surface area contributed by atoms with Crippen LogP contribution in [0, 0.1) is 0 Å². The zero-order chi connectivity index (χ0) is 18.1. The van der Waals surface area contributed by atoms with Gasteiger partial charge >= 0.3 is 0 Å². The summed E-state index contributed by atoms with van der Waals surface area (Å²) in [5.41, 5.74) is 9.23. The number of carbonyl (C=O) groups is 1. The largest absolute Gasteiger partial charge is 0.397 e. The molecule has 0 aliphatic carbocycles. The average molecular weight is 345 g/mol. The van der Waals surface area contributed by atoms with Gasteiger partial charge in [0.2, 0.25) is 5.95 Å². The minimum Gasteiger partial charge on any atom is -0.397 e. The lowest BCUT2D eigenvalue weighted by molar-refractivity contribution is 0.101. The molecule has 2 heterocycles. The number of benzene rings is 2. The molecule has 0 bridgehead atoms. The van der Waals surface area contributed by atoms with Gasteiger partial charge in [0, 0.05) is 5.56 Å². The first-order chi connectivity index (χ1) is 12.6. The van der Waals surface area contributed by atoms with E-state index in [1.807, 2.05) is 24.3 Å². The number of hydrogen-bond acceptors (Lipinski definition) is 7. The van der Waals surface area contributed by atoms with Crippen LogP contribution in [0.2, 0.25) is 0 Å². The van der Waals surface area contributed by atoms with Crippen molar-refractivity contribution in [3.05, 3.63) is 60.6 Å². The van der Waals surface area contributed by atoms with Gasteiger partial charge in [-0.2, -0.15) is 10.1 Å². The second-order valence-electron chi connectivity index (χ2n) is 5.69. The maximum absolute atomic E-state index is 11.5. The summed E-state index contributed by atoms with van der Waals surface area (Å²) in [6.45, 7) is 1.53. The van der Waals surface area contributed by atoms with Gasteiger partial charge in [0.25, 0.3) is 0 Å². The average Bonchev–Trinajstić information content (AvgIpc) is 3.17. The molecule has 0 saturated carbocycles. The number of aromatic nitrogens is 5. The van der Waals surface area contributed by atoms with Gasteiger partial charge in [0.1, 0.15) is 11.8 Å². The van der Waals surface area contributed by atoms with Crippen molar-refractivity contribution in [3.8, 4) is 0 Å². The van der Waals surface area contributed by atoms with Crippen LogP contribution in [0.25, 0.3) is 11.0 Å². The topological polar surface area (TPSA) is 114 Å². The van der Waals surface area contributed by atoms with Crippen molar-refractivity contribution in [1.29, 1.82) is 0 Å². The summed E-state index contributed by atoms with van der Waals surface area (Å²) in [4.78, 5) is 26.6. The lowest BCUT2D eigenvalue weighted by atomic mass is 10.1. The summed E-state index contributed by atoms with van der Waals surface area (Å²) in [6.07, 6.45) is 3.04. The molecular formula is C18H15N7O. The molecule has 0 atom stereocenters. The summed E-state index contributed by atoms with van der Waals surface area (Å²) in [5.74, 6) is 1.04. The van der Waals surface area contributed by atoms with E-state index in [1.165, 1.54) is 13.3 Å². The zero-order valence-electron chi connectivity index (χ0n) is 13.9. The molecule has 0 spiro atoms. The fraction of sp³-hybridized carbons (Fsp3) is 0.0556. The van der Waals surface area contributed by atoms with Gasteiger partial charge in [-0.25, -0.2) is 15.1 Å². The van der Waals surface area contributed by atoms with E-state index in [0.29, 0.717) is 34.1 Å². The number of para-hydroxylation sites is 1. The van der Waals surface area contributed by atoms with Crippen molar-refractivity contribution in [3.63, 3.8) is 0 Å². The third kappa shape index (κ3) is 2.73. The van der Waals surface area contributed by atoms with Gasteiger partial charge in [0.05, 0.1) is 23.1 Å². The first kappa shape index (κ1) is 15.7. The molecule has 3 N–H and O–H groups in total.